The molecule has 0 bridgehead atoms. The van der Waals surface area contributed by atoms with Crippen LogP contribution in [-0.4, -0.2) is 43.7 Å². The quantitative estimate of drug-likeness (QED) is 0.146. The topological polar surface area (TPSA) is 115 Å². The Morgan fingerprint density at radius 3 is 2.82 bits per heavy atom. The van der Waals surface area contributed by atoms with Crippen LogP contribution in [0, 0.1) is 10.1 Å². The monoisotopic (exact) mass is 423 g/mol. The standard InChI is InChI=1S/C13H21N5O3.HI/c1-10(9-21-2)17-13(14)16-8-7-15-11-5-3-4-6-12(11)18(19)20;/h3-6,10,15H,7-9H2,1-2H3,(H3,14,16,17);1H. The lowest BCUT2D eigenvalue weighted by molar-refractivity contribution is -0.384. The van der Waals surface area contributed by atoms with Crippen molar-refractivity contribution >= 4 is 41.3 Å². The number of guanidine groups is 1. The Morgan fingerprint density at radius 1 is 1.50 bits per heavy atom. The van der Waals surface area contributed by atoms with Gasteiger partial charge in [-0.1, -0.05) is 12.1 Å². The third-order valence-electron chi connectivity index (χ3n) is 2.62. The van der Waals surface area contributed by atoms with Crippen molar-refractivity contribution in [3.8, 4) is 0 Å². The summed E-state index contributed by atoms with van der Waals surface area (Å²) >= 11 is 0. The number of nitrogens with zero attached hydrogens (tertiary/aromatic N) is 2. The molecule has 0 aliphatic heterocycles. The Bertz CT molecular complexity index is 498. The third kappa shape index (κ3) is 7.41. The largest absolute Gasteiger partial charge is 0.383 e. The molecule has 1 atom stereocenters. The summed E-state index contributed by atoms with van der Waals surface area (Å²) in [7, 11) is 1.61. The van der Waals surface area contributed by atoms with Gasteiger partial charge in [0.1, 0.15) is 5.69 Å². The van der Waals surface area contributed by atoms with Gasteiger partial charge in [0.15, 0.2) is 5.96 Å². The first-order chi connectivity index (χ1) is 10.0. The number of rotatable bonds is 8. The van der Waals surface area contributed by atoms with E-state index in [0.29, 0.717) is 31.3 Å². The van der Waals surface area contributed by atoms with Gasteiger partial charge in [-0.2, -0.15) is 0 Å². The molecular weight excluding hydrogens is 401 g/mol. The van der Waals surface area contributed by atoms with Crippen molar-refractivity contribution in [1.29, 1.82) is 0 Å². The average Bonchev–Trinajstić information content (AvgIpc) is 2.44. The third-order valence-corrected chi connectivity index (χ3v) is 2.62. The number of benzene rings is 1. The van der Waals surface area contributed by atoms with Gasteiger partial charge in [-0.15, -0.1) is 24.0 Å². The van der Waals surface area contributed by atoms with Gasteiger partial charge in [0, 0.05) is 25.8 Å². The van der Waals surface area contributed by atoms with E-state index >= 15 is 0 Å². The molecule has 1 aromatic rings. The molecule has 0 heterocycles. The lowest BCUT2D eigenvalue weighted by Gasteiger charge is -2.13. The van der Waals surface area contributed by atoms with Crippen LogP contribution in [0.2, 0.25) is 0 Å². The summed E-state index contributed by atoms with van der Waals surface area (Å²) in [5, 5.41) is 16.8. The fourth-order valence-electron chi connectivity index (χ4n) is 1.74. The second-order valence-corrected chi connectivity index (χ2v) is 4.47. The van der Waals surface area contributed by atoms with Crippen LogP contribution in [0.5, 0.6) is 0 Å². The molecule has 0 aliphatic rings. The highest BCUT2D eigenvalue weighted by molar-refractivity contribution is 14.0. The number of halogens is 1. The van der Waals surface area contributed by atoms with Crippen LogP contribution in [0.4, 0.5) is 11.4 Å². The van der Waals surface area contributed by atoms with E-state index in [2.05, 4.69) is 15.6 Å². The first-order valence-corrected chi connectivity index (χ1v) is 6.57. The number of para-hydroxylation sites is 2. The van der Waals surface area contributed by atoms with E-state index in [1.54, 1.807) is 25.3 Å². The number of aliphatic imine (C=N–C) groups is 1. The van der Waals surface area contributed by atoms with Gasteiger partial charge >= 0.3 is 0 Å². The number of ether oxygens (including phenoxy) is 1. The molecule has 124 valence electrons. The second kappa shape index (κ2) is 11.0. The number of nitrogens with two attached hydrogens (primary N) is 1. The lowest BCUT2D eigenvalue weighted by Crippen LogP contribution is -2.40. The Kier molecular flexibility index (Phi) is 10.2. The predicted molar refractivity (Wildman–Crippen MR) is 98.0 cm³/mol. The van der Waals surface area contributed by atoms with Gasteiger partial charge in [-0.05, 0) is 13.0 Å². The minimum absolute atomic E-state index is 0. The summed E-state index contributed by atoms with van der Waals surface area (Å²) < 4.78 is 4.97. The first kappa shape index (κ1) is 20.4. The molecule has 1 unspecified atom stereocenters. The molecule has 0 spiro atoms. The maximum Gasteiger partial charge on any atom is 0.292 e. The molecule has 1 rings (SSSR count). The van der Waals surface area contributed by atoms with E-state index in [-0.39, 0.29) is 35.7 Å². The zero-order valence-electron chi connectivity index (χ0n) is 12.6. The molecule has 0 aromatic heterocycles. The van der Waals surface area contributed by atoms with Gasteiger partial charge in [-0.25, -0.2) is 0 Å². The lowest BCUT2D eigenvalue weighted by atomic mass is 10.2. The molecule has 9 heteroatoms. The predicted octanol–water partition coefficient (Wildman–Crippen LogP) is 1.56. The SMILES string of the molecule is COCC(C)NC(N)=NCCNc1ccccc1[N+](=O)[O-].I. The van der Waals surface area contributed by atoms with E-state index in [0.717, 1.165) is 0 Å². The normalized spacial score (nSPS) is 12.2. The summed E-state index contributed by atoms with van der Waals surface area (Å²) in [6, 6.07) is 6.54. The van der Waals surface area contributed by atoms with E-state index in [1.807, 2.05) is 6.92 Å². The molecule has 0 saturated heterocycles. The maximum atomic E-state index is 10.8. The minimum Gasteiger partial charge on any atom is -0.383 e. The van der Waals surface area contributed by atoms with Crippen molar-refractivity contribution in [3.05, 3.63) is 34.4 Å². The fraction of sp³-hybridized carbons (Fsp3) is 0.462. The zero-order valence-corrected chi connectivity index (χ0v) is 14.9. The van der Waals surface area contributed by atoms with Crippen molar-refractivity contribution in [1.82, 2.24) is 5.32 Å². The smallest absolute Gasteiger partial charge is 0.292 e. The Hall–Kier alpha value is -1.62. The summed E-state index contributed by atoms with van der Waals surface area (Å²) in [6.07, 6.45) is 0. The molecule has 0 fully saturated rings. The highest BCUT2D eigenvalue weighted by Gasteiger charge is 2.11. The van der Waals surface area contributed by atoms with Crippen molar-refractivity contribution in [3.63, 3.8) is 0 Å². The number of anilines is 1. The second-order valence-electron chi connectivity index (χ2n) is 4.47. The van der Waals surface area contributed by atoms with Gasteiger partial charge < -0.3 is 21.1 Å². The van der Waals surface area contributed by atoms with Crippen LogP contribution in [0.1, 0.15) is 6.92 Å². The van der Waals surface area contributed by atoms with E-state index in [4.69, 9.17) is 10.5 Å². The Labute approximate surface area is 146 Å². The van der Waals surface area contributed by atoms with Gasteiger partial charge in [0.25, 0.3) is 5.69 Å². The number of hydrogen-bond acceptors (Lipinski definition) is 5. The molecule has 0 amide bonds. The van der Waals surface area contributed by atoms with Crippen molar-refractivity contribution in [2.24, 2.45) is 10.7 Å². The van der Waals surface area contributed by atoms with Crippen LogP contribution in [-0.2, 0) is 4.74 Å². The number of nitrogens with one attached hydrogen (secondary N) is 2. The van der Waals surface area contributed by atoms with Gasteiger partial charge in [-0.3, -0.25) is 15.1 Å². The Morgan fingerprint density at radius 2 is 2.18 bits per heavy atom. The summed E-state index contributed by atoms with van der Waals surface area (Å²) in [4.78, 5) is 14.6. The molecule has 8 nitrogen and oxygen atoms in total. The van der Waals surface area contributed by atoms with E-state index in [1.165, 1.54) is 6.07 Å². The van der Waals surface area contributed by atoms with Gasteiger partial charge in [0.2, 0.25) is 0 Å². The van der Waals surface area contributed by atoms with Crippen molar-refractivity contribution < 1.29 is 9.66 Å². The van der Waals surface area contributed by atoms with Gasteiger partial charge in [0.05, 0.1) is 18.1 Å². The number of hydrogen-bond donors (Lipinski definition) is 3. The molecule has 0 radical (unpaired) electrons. The van der Waals surface area contributed by atoms with Crippen LogP contribution < -0.4 is 16.4 Å². The van der Waals surface area contributed by atoms with Crippen LogP contribution in [0.15, 0.2) is 29.3 Å². The van der Waals surface area contributed by atoms with Crippen molar-refractivity contribution in [2.45, 2.75) is 13.0 Å². The maximum absolute atomic E-state index is 10.8. The summed E-state index contributed by atoms with van der Waals surface area (Å²) in [5.74, 6) is 0.323. The minimum atomic E-state index is -0.423. The molecule has 22 heavy (non-hydrogen) atoms. The van der Waals surface area contributed by atoms with Crippen LogP contribution in [0.3, 0.4) is 0 Å². The highest BCUT2D eigenvalue weighted by atomic mass is 127. The fourth-order valence-corrected chi connectivity index (χ4v) is 1.74. The molecule has 0 saturated carbocycles. The van der Waals surface area contributed by atoms with Crippen molar-refractivity contribution in [2.75, 3.05) is 32.1 Å². The highest BCUT2D eigenvalue weighted by Crippen LogP contribution is 2.22. The van der Waals surface area contributed by atoms with E-state index in [9.17, 15) is 10.1 Å². The summed E-state index contributed by atoms with van der Waals surface area (Å²) in [6.45, 7) is 3.32. The summed E-state index contributed by atoms with van der Waals surface area (Å²) in [5.41, 5.74) is 6.22. The van der Waals surface area contributed by atoms with Crippen LogP contribution in [0.25, 0.3) is 0 Å². The first-order valence-electron chi connectivity index (χ1n) is 6.57. The number of nitro groups is 1. The zero-order chi connectivity index (χ0) is 15.7. The molecule has 4 N–H and O–H groups in total. The number of methoxy groups -OCH3 is 1. The van der Waals surface area contributed by atoms with Crippen LogP contribution >= 0.6 is 24.0 Å². The van der Waals surface area contributed by atoms with E-state index < -0.39 is 4.92 Å². The molecular formula is C13H22IN5O3. The Balaban J connectivity index is 0.00000441. The average molecular weight is 423 g/mol. The molecule has 1 aromatic carbocycles. The number of nitro benzene ring substituents is 1. The molecule has 0 aliphatic carbocycles.